The van der Waals surface area contributed by atoms with Gasteiger partial charge in [0, 0.05) is 11.6 Å². The summed E-state index contributed by atoms with van der Waals surface area (Å²) in [6.45, 7) is 1.93. The molecule has 0 radical (unpaired) electrons. The highest BCUT2D eigenvalue weighted by atomic mass is 19.2. The molecule has 0 bridgehead atoms. The average molecular weight is 247 g/mol. The second kappa shape index (κ2) is 6.02. The predicted molar refractivity (Wildman–Crippen MR) is 58.8 cm³/mol. The molecule has 0 aliphatic heterocycles. The van der Waals surface area contributed by atoms with Gasteiger partial charge in [-0.3, -0.25) is 0 Å². The minimum absolute atomic E-state index is 0.328. The lowest BCUT2D eigenvalue weighted by Crippen LogP contribution is -2.27. The standard InChI is InChI=1S/C12H16F3NO/c1-2-3-4-10(17)12(16)8-5-7(13)6-9(14)11(8)15/h5-6,10,12,17H,2-4,16H2,1H3/t10-,12+/m1/s1. The van der Waals surface area contributed by atoms with Gasteiger partial charge in [-0.25, -0.2) is 13.2 Å². The third-order valence-corrected chi connectivity index (χ3v) is 2.65. The first-order valence-corrected chi connectivity index (χ1v) is 5.55. The number of unbranched alkanes of at least 4 members (excludes halogenated alkanes) is 1. The fourth-order valence-corrected chi connectivity index (χ4v) is 1.62. The van der Waals surface area contributed by atoms with Gasteiger partial charge < -0.3 is 10.8 Å². The summed E-state index contributed by atoms with van der Waals surface area (Å²) < 4.78 is 39.3. The van der Waals surface area contributed by atoms with Crippen molar-refractivity contribution < 1.29 is 18.3 Å². The van der Waals surface area contributed by atoms with Crippen molar-refractivity contribution in [3.63, 3.8) is 0 Å². The summed E-state index contributed by atoms with van der Waals surface area (Å²) in [5.74, 6) is -3.40. The first-order valence-electron chi connectivity index (χ1n) is 5.55. The van der Waals surface area contributed by atoms with Gasteiger partial charge >= 0.3 is 0 Å². The van der Waals surface area contributed by atoms with Gasteiger partial charge in [0.2, 0.25) is 0 Å². The molecule has 0 heterocycles. The Morgan fingerprint density at radius 1 is 1.29 bits per heavy atom. The molecule has 1 rings (SSSR count). The topological polar surface area (TPSA) is 46.2 Å². The fraction of sp³-hybridized carbons (Fsp3) is 0.500. The molecular weight excluding hydrogens is 231 g/mol. The van der Waals surface area contributed by atoms with Gasteiger partial charge in [-0.05, 0) is 12.5 Å². The summed E-state index contributed by atoms with van der Waals surface area (Å²) in [4.78, 5) is 0. The summed E-state index contributed by atoms with van der Waals surface area (Å²) in [6.07, 6.45) is 0.929. The molecule has 17 heavy (non-hydrogen) atoms. The van der Waals surface area contributed by atoms with Crippen molar-refractivity contribution in [2.75, 3.05) is 0 Å². The molecule has 1 aromatic rings. The third-order valence-electron chi connectivity index (χ3n) is 2.65. The largest absolute Gasteiger partial charge is 0.391 e. The molecule has 5 heteroatoms. The number of aliphatic hydroxyl groups excluding tert-OH is 1. The number of hydrogen-bond donors (Lipinski definition) is 2. The van der Waals surface area contributed by atoms with E-state index in [0.717, 1.165) is 12.5 Å². The van der Waals surface area contributed by atoms with Crippen LogP contribution < -0.4 is 5.73 Å². The summed E-state index contributed by atoms with van der Waals surface area (Å²) in [5.41, 5.74) is 5.27. The highest BCUT2D eigenvalue weighted by Gasteiger charge is 2.22. The van der Waals surface area contributed by atoms with E-state index in [4.69, 9.17) is 5.73 Å². The Kier molecular flexibility index (Phi) is 4.96. The molecule has 96 valence electrons. The Morgan fingerprint density at radius 3 is 2.53 bits per heavy atom. The van der Waals surface area contributed by atoms with Gasteiger partial charge in [0.05, 0.1) is 12.1 Å². The van der Waals surface area contributed by atoms with Crippen LogP contribution in [0.25, 0.3) is 0 Å². The Morgan fingerprint density at radius 2 is 1.94 bits per heavy atom. The Hall–Kier alpha value is -1.07. The summed E-state index contributed by atoms with van der Waals surface area (Å²) in [5, 5.41) is 9.67. The lowest BCUT2D eigenvalue weighted by molar-refractivity contribution is 0.130. The quantitative estimate of drug-likeness (QED) is 0.786. The molecule has 0 saturated carbocycles. The van der Waals surface area contributed by atoms with Crippen molar-refractivity contribution >= 4 is 0 Å². The van der Waals surface area contributed by atoms with Crippen molar-refractivity contribution in [2.24, 2.45) is 5.73 Å². The zero-order valence-electron chi connectivity index (χ0n) is 9.59. The number of halogens is 3. The van der Waals surface area contributed by atoms with Crippen LogP contribution in [0.15, 0.2) is 12.1 Å². The molecule has 0 unspecified atom stereocenters. The van der Waals surface area contributed by atoms with Crippen molar-refractivity contribution in [2.45, 2.75) is 38.3 Å². The number of benzene rings is 1. The van der Waals surface area contributed by atoms with Crippen LogP contribution in [0, 0.1) is 17.5 Å². The van der Waals surface area contributed by atoms with Crippen LogP contribution in [0.1, 0.15) is 37.8 Å². The van der Waals surface area contributed by atoms with Gasteiger partial charge in [0.15, 0.2) is 11.6 Å². The molecule has 0 saturated heterocycles. The SMILES string of the molecule is CCCC[C@@H](O)[C@@H](N)c1cc(F)cc(F)c1F. The predicted octanol–water partition coefficient (Wildman–Crippen LogP) is 2.65. The maximum atomic E-state index is 13.4. The second-order valence-corrected chi connectivity index (χ2v) is 4.03. The Balaban J connectivity index is 2.91. The van der Waals surface area contributed by atoms with E-state index in [-0.39, 0.29) is 5.56 Å². The van der Waals surface area contributed by atoms with E-state index in [1.54, 1.807) is 0 Å². The Bertz CT molecular complexity index is 384. The average Bonchev–Trinajstić information content (AvgIpc) is 2.29. The van der Waals surface area contributed by atoms with Crippen LogP contribution in [0.4, 0.5) is 13.2 Å². The monoisotopic (exact) mass is 247 g/mol. The number of hydrogen-bond acceptors (Lipinski definition) is 2. The third kappa shape index (κ3) is 3.44. The van der Waals surface area contributed by atoms with E-state index in [1.165, 1.54) is 0 Å². The van der Waals surface area contributed by atoms with Crippen LogP contribution in [-0.4, -0.2) is 11.2 Å². The Labute approximate surface area is 98.3 Å². The van der Waals surface area contributed by atoms with E-state index in [2.05, 4.69) is 0 Å². The van der Waals surface area contributed by atoms with Gasteiger partial charge in [-0.1, -0.05) is 19.8 Å². The maximum Gasteiger partial charge on any atom is 0.163 e. The molecule has 2 atom stereocenters. The molecule has 0 aliphatic carbocycles. The minimum atomic E-state index is -1.29. The highest BCUT2D eigenvalue weighted by molar-refractivity contribution is 5.24. The second-order valence-electron chi connectivity index (χ2n) is 4.03. The molecule has 1 aromatic carbocycles. The van der Waals surface area contributed by atoms with Crippen molar-refractivity contribution in [1.29, 1.82) is 0 Å². The van der Waals surface area contributed by atoms with Crippen LogP contribution in [-0.2, 0) is 0 Å². The molecule has 0 fully saturated rings. The van der Waals surface area contributed by atoms with Gasteiger partial charge in [0.1, 0.15) is 5.82 Å². The van der Waals surface area contributed by atoms with Crippen molar-refractivity contribution in [3.05, 3.63) is 35.1 Å². The molecular formula is C12H16F3NO. The van der Waals surface area contributed by atoms with Gasteiger partial charge in [-0.2, -0.15) is 0 Å². The molecule has 0 amide bonds. The fourth-order valence-electron chi connectivity index (χ4n) is 1.62. The van der Waals surface area contributed by atoms with Crippen LogP contribution in [0.3, 0.4) is 0 Å². The summed E-state index contributed by atoms with van der Waals surface area (Å²) in [7, 11) is 0. The number of rotatable bonds is 5. The van der Waals surface area contributed by atoms with Crippen LogP contribution in [0.2, 0.25) is 0 Å². The lowest BCUT2D eigenvalue weighted by Gasteiger charge is -2.19. The maximum absolute atomic E-state index is 13.4. The van der Waals surface area contributed by atoms with E-state index < -0.39 is 29.6 Å². The van der Waals surface area contributed by atoms with Crippen molar-refractivity contribution in [3.8, 4) is 0 Å². The summed E-state index contributed by atoms with van der Waals surface area (Å²) in [6, 6.07) is 0.147. The minimum Gasteiger partial charge on any atom is -0.391 e. The van der Waals surface area contributed by atoms with Gasteiger partial charge in [0.25, 0.3) is 0 Å². The zero-order chi connectivity index (χ0) is 13.0. The lowest BCUT2D eigenvalue weighted by atomic mass is 9.97. The first-order chi connectivity index (χ1) is 7.97. The molecule has 0 aromatic heterocycles. The zero-order valence-corrected chi connectivity index (χ0v) is 9.59. The first kappa shape index (κ1) is 14.0. The molecule has 0 aliphatic rings. The molecule has 2 nitrogen and oxygen atoms in total. The van der Waals surface area contributed by atoms with E-state index in [1.807, 2.05) is 6.92 Å². The normalized spacial score (nSPS) is 14.7. The van der Waals surface area contributed by atoms with E-state index in [0.29, 0.717) is 18.9 Å². The van der Waals surface area contributed by atoms with Gasteiger partial charge in [-0.15, -0.1) is 0 Å². The van der Waals surface area contributed by atoms with Crippen LogP contribution >= 0.6 is 0 Å². The molecule has 3 N–H and O–H groups in total. The number of aliphatic hydroxyl groups is 1. The highest BCUT2D eigenvalue weighted by Crippen LogP contribution is 2.23. The number of nitrogens with two attached hydrogens (primary N) is 1. The summed E-state index contributed by atoms with van der Waals surface area (Å²) >= 11 is 0. The van der Waals surface area contributed by atoms with Crippen molar-refractivity contribution in [1.82, 2.24) is 0 Å². The van der Waals surface area contributed by atoms with Crippen LogP contribution in [0.5, 0.6) is 0 Å². The molecule has 0 spiro atoms. The smallest absolute Gasteiger partial charge is 0.163 e. The van der Waals surface area contributed by atoms with E-state index in [9.17, 15) is 18.3 Å². The van der Waals surface area contributed by atoms with E-state index >= 15 is 0 Å².